The minimum absolute atomic E-state index is 0.0629. The minimum Gasteiger partial charge on any atom is -0.494 e. The Kier molecular flexibility index (Phi) is 8.39. The number of benzene rings is 2. The Morgan fingerprint density at radius 1 is 1.08 bits per heavy atom. The summed E-state index contributed by atoms with van der Waals surface area (Å²) in [5.74, 6) is -0.700. The van der Waals surface area contributed by atoms with Crippen LogP contribution in [0.2, 0.25) is 0 Å². The quantitative estimate of drug-likeness (QED) is 0.219. The molecule has 0 spiro atoms. The number of ether oxygens (including phenoxy) is 2. The highest BCUT2D eigenvalue weighted by Gasteiger charge is 2.45. The molecule has 0 aliphatic carbocycles. The van der Waals surface area contributed by atoms with Gasteiger partial charge in [0.2, 0.25) is 5.91 Å². The Bertz CT molecular complexity index is 1430. The summed E-state index contributed by atoms with van der Waals surface area (Å²) in [5, 5.41) is 5.32. The number of H-pyrrole nitrogens is 1. The van der Waals surface area contributed by atoms with Crippen LogP contribution in [0.1, 0.15) is 36.3 Å². The average Bonchev–Trinajstić information content (AvgIpc) is 3.35. The van der Waals surface area contributed by atoms with Crippen molar-refractivity contribution in [2.45, 2.75) is 32.9 Å². The third-order valence-corrected chi connectivity index (χ3v) is 6.44. The van der Waals surface area contributed by atoms with Crippen molar-refractivity contribution >= 4 is 46.5 Å². The summed E-state index contributed by atoms with van der Waals surface area (Å²) in [7, 11) is 1.59. The van der Waals surface area contributed by atoms with Gasteiger partial charge in [-0.15, -0.1) is 0 Å². The first-order chi connectivity index (χ1) is 18.7. The molecule has 204 valence electrons. The van der Waals surface area contributed by atoms with Crippen LogP contribution in [0.5, 0.6) is 5.75 Å². The number of carbonyl (C=O) groups excluding carboxylic acids is 3. The zero-order valence-electron chi connectivity index (χ0n) is 21.6. The average molecular weight is 555 g/mol. The van der Waals surface area contributed by atoms with E-state index in [4.69, 9.17) is 26.2 Å². The molecule has 1 unspecified atom stereocenters. The molecule has 1 aliphatic rings. The van der Waals surface area contributed by atoms with Gasteiger partial charge in [-0.1, -0.05) is 4.68 Å². The second-order valence-electron chi connectivity index (χ2n) is 8.56. The van der Waals surface area contributed by atoms with Gasteiger partial charge in [-0.3, -0.25) is 19.0 Å². The lowest BCUT2D eigenvalue weighted by atomic mass is 10.1. The molecule has 2 aromatic carbocycles. The Hall–Kier alpha value is -4.52. The van der Waals surface area contributed by atoms with Gasteiger partial charge in [-0.25, -0.2) is 9.59 Å². The Morgan fingerprint density at radius 2 is 1.77 bits per heavy atom. The number of aromatic amines is 1. The topological polar surface area (TPSA) is 138 Å². The molecule has 12 nitrogen and oxygen atoms in total. The van der Waals surface area contributed by atoms with Crippen molar-refractivity contribution in [3.05, 3.63) is 70.2 Å². The van der Waals surface area contributed by atoms with Gasteiger partial charge in [0.25, 0.3) is 5.91 Å². The van der Waals surface area contributed by atoms with Gasteiger partial charge < -0.3 is 19.7 Å². The molecule has 1 saturated heterocycles. The lowest BCUT2D eigenvalue weighted by Gasteiger charge is -2.21. The van der Waals surface area contributed by atoms with Crippen LogP contribution >= 0.6 is 12.2 Å². The molecule has 0 saturated carbocycles. The Balaban J connectivity index is 1.56. The summed E-state index contributed by atoms with van der Waals surface area (Å²) in [6.07, 6.45) is -0.244. The molecule has 13 heteroatoms. The molecule has 1 fully saturated rings. The molecule has 1 atom stereocenters. The number of esters is 1. The molecule has 1 aliphatic heterocycles. The van der Waals surface area contributed by atoms with Crippen molar-refractivity contribution in [1.29, 1.82) is 0 Å². The molecule has 0 radical (unpaired) electrons. The van der Waals surface area contributed by atoms with Crippen molar-refractivity contribution in [3.63, 3.8) is 0 Å². The number of nitrogens with zero attached hydrogens (tertiary/aromatic N) is 3. The summed E-state index contributed by atoms with van der Waals surface area (Å²) in [6, 6.07) is 12.1. The number of nitrogens with one attached hydrogen (secondary N) is 2. The van der Waals surface area contributed by atoms with Crippen molar-refractivity contribution in [3.8, 4) is 5.75 Å². The molecule has 2 heterocycles. The van der Waals surface area contributed by atoms with E-state index in [9.17, 15) is 19.2 Å². The Labute approximate surface area is 229 Å². The predicted octanol–water partition coefficient (Wildman–Crippen LogP) is 1.90. The van der Waals surface area contributed by atoms with E-state index in [0.29, 0.717) is 29.3 Å². The lowest BCUT2D eigenvalue weighted by molar-refractivity contribution is -0.746. The second kappa shape index (κ2) is 11.9. The number of rotatable bonds is 10. The molecule has 2 N–H and O–H groups in total. The molecular weight excluding hydrogens is 526 g/mol. The van der Waals surface area contributed by atoms with E-state index in [1.807, 2.05) is 6.92 Å². The number of aromatic nitrogens is 2. The normalized spacial score (nSPS) is 15.0. The largest absolute Gasteiger partial charge is 0.494 e. The van der Waals surface area contributed by atoms with E-state index < -0.39 is 29.5 Å². The van der Waals surface area contributed by atoms with Crippen LogP contribution < -0.4 is 25.3 Å². The SMILES string of the molecule is CCOC(=O)c1ccc(NC(=O)CC2C(=O)N(c3ccc(OCC)cc3)C(=S)N2Cc2c(=O)o[nH][n+]2C)cc1. The molecule has 0 bridgehead atoms. The van der Waals surface area contributed by atoms with Crippen molar-refractivity contribution in [2.24, 2.45) is 7.05 Å². The van der Waals surface area contributed by atoms with Gasteiger partial charge >= 0.3 is 17.3 Å². The monoisotopic (exact) mass is 554 g/mol. The zero-order valence-corrected chi connectivity index (χ0v) is 22.4. The van der Waals surface area contributed by atoms with Gasteiger partial charge in [0.1, 0.15) is 18.3 Å². The van der Waals surface area contributed by atoms with E-state index >= 15 is 0 Å². The number of anilines is 2. The van der Waals surface area contributed by atoms with Gasteiger partial charge in [-0.05, 0) is 79.9 Å². The van der Waals surface area contributed by atoms with Gasteiger partial charge in [0.15, 0.2) is 12.2 Å². The third-order valence-electron chi connectivity index (χ3n) is 6.02. The first-order valence-corrected chi connectivity index (χ1v) is 12.6. The van der Waals surface area contributed by atoms with E-state index in [1.54, 1.807) is 50.4 Å². The van der Waals surface area contributed by atoms with E-state index in [2.05, 4.69) is 10.6 Å². The fourth-order valence-corrected chi connectivity index (χ4v) is 4.48. The van der Waals surface area contributed by atoms with Crippen LogP contribution in [0.15, 0.2) is 57.8 Å². The molecular formula is C26H28N5O7S+. The number of carbonyl (C=O) groups is 3. The van der Waals surface area contributed by atoms with Crippen molar-refractivity contribution in [1.82, 2.24) is 10.2 Å². The van der Waals surface area contributed by atoms with Crippen LogP contribution in [-0.4, -0.2) is 52.3 Å². The summed E-state index contributed by atoms with van der Waals surface area (Å²) >= 11 is 5.66. The zero-order chi connectivity index (χ0) is 28.1. The fourth-order valence-electron chi connectivity index (χ4n) is 4.09. The highest BCUT2D eigenvalue weighted by molar-refractivity contribution is 7.80. The first-order valence-electron chi connectivity index (χ1n) is 12.2. The predicted molar refractivity (Wildman–Crippen MR) is 143 cm³/mol. The molecule has 39 heavy (non-hydrogen) atoms. The fraction of sp³-hybridized carbons (Fsp3) is 0.308. The van der Waals surface area contributed by atoms with E-state index in [-0.39, 0.29) is 30.4 Å². The highest BCUT2D eigenvalue weighted by Crippen LogP contribution is 2.29. The van der Waals surface area contributed by atoms with Crippen LogP contribution in [0.3, 0.4) is 0 Å². The van der Waals surface area contributed by atoms with Gasteiger partial charge in [-0.2, -0.15) is 0 Å². The number of hydrogen-bond acceptors (Lipinski definition) is 8. The smallest absolute Gasteiger partial charge is 0.431 e. The summed E-state index contributed by atoms with van der Waals surface area (Å²) in [4.78, 5) is 53.6. The van der Waals surface area contributed by atoms with Crippen LogP contribution in [0.4, 0.5) is 11.4 Å². The van der Waals surface area contributed by atoms with Crippen LogP contribution in [-0.2, 0) is 27.9 Å². The summed E-state index contributed by atoms with van der Waals surface area (Å²) in [5.41, 5.74) is 0.896. The maximum atomic E-state index is 13.6. The molecule has 4 rings (SSSR count). The highest BCUT2D eigenvalue weighted by atomic mass is 32.1. The standard InChI is InChI=1S/C26H27N5O7S/c1-4-36-19-12-10-18(11-13-19)31-23(33)20(30(26(31)39)15-21-25(35)38-28-29(21)3)14-22(32)27-17-8-6-16(7-9-17)24(34)37-5-2/h6-13,20H,4-5,14-15H2,1-3H3,(H-,27,28,32,34,35)/p+1. The van der Waals surface area contributed by atoms with E-state index in [0.717, 1.165) is 0 Å². The van der Waals surface area contributed by atoms with Crippen LogP contribution in [0.25, 0.3) is 0 Å². The minimum atomic E-state index is -0.989. The Morgan fingerprint density at radius 3 is 2.36 bits per heavy atom. The second-order valence-corrected chi connectivity index (χ2v) is 8.93. The van der Waals surface area contributed by atoms with Crippen molar-refractivity contribution < 1.29 is 33.1 Å². The number of aryl methyl sites for hydroxylation is 1. The summed E-state index contributed by atoms with van der Waals surface area (Å²) < 4.78 is 16.7. The number of hydrogen-bond donors (Lipinski definition) is 2. The van der Waals surface area contributed by atoms with Gasteiger partial charge in [0.05, 0.1) is 30.9 Å². The molecule has 2 amide bonds. The lowest BCUT2D eigenvalue weighted by Crippen LogP contribution is -2.44. The first kappa shape index (κ1) is 27.5. The van der Waals surface area contributed by atoms with Crippen LogP contribution in [0, 0.1) is 0 Å². The number of thiocarbonyl (C=S) groups is 1. The maximum Gasteiger partial charge on any atom is 0.431 e. The summed E-state index contributed by atoms with van der Waals surface area (Å²) in [6.45, 7) is 4.26. The maximum absolute atomic E-state index is 13.6. The van der Waals surface area contributed by atoms with E-state index in [1.165, 1.54) is 26.6 Å². The van der Waals surface area contributed by atoms with Gasteiger partial charge in [0, 0.05) is 5.69 Å². The molecule has 3 aromatic rings. The molecule has 1 aromatic heterocycles. The number of amides is 2. The van der Waals surface area contributed by atoms with Crippen molar-refractivity contribution in [2.75, 3.05) is 23.4 Å². The third kappa shape index (κ3) is 5.98.